The molecule has 0 aliphatic carbocycles. The Hall–Kier alpha value is -3.35. The lowest BCUT2D eigenvalue weighted by Gasteiger charge is -2.01. The first-order valence-corrected chi connectivity index (χ1v) is 5.16. The number of aromatic nitrogens is 4. The Balaban J connectivity index is 2.25. The van der Waals surface area contributed by atoms with Gasteiger partial charge in [-0.3, -0.25) is 10.1 Å². The molecule has 0 radical (unpaired) electrons. The zero-order valence-electron chi connectivity index (χ0n) is 9.74. The van der Waals surface area contributed by atoms with Crippen molar-refractivity contribution >= 4 is 16.9 Å². The van der Waals surface area contributed by atoms with E-state index in [1.54, 1.807) is 0 Å². The lowest BCUT2D eigenvalue weighted by Crippen LogP contribution is -1.96. The molecule has 0 saturated carbocycles. The molecule has 9 nitrogen and oxygen atoms in total. The van der Waals surface area contributed by atoms with Gasteiger partial charge in [-0.25, -0.2) is 0 Å². The van der Waals surface area contributed by atoms with Crippen molar-refractivity contribution in [3.63, 3.8) is 0 Å². The Labute approximate surface area is 110 Å². The average Bonchev–Trinajstić information content (AvgIpc) is 2.95. The number of nitriles is 1. The topological polar surface area (TPSA) is 133 Å². The number of hydrogen-bond donors (Lipinski definition) is 2. The van der Waals surface area contributed by atoms with Crippen molar-refractivity contribution in [3.05, 3.63) is 46.2 Å². The van der Waals surface area contributed by atoms with Gasteiger partial charge in [0.2, 0.25) is 11.6 Å². The van der Waals surface area contributed by atoms with E-state index < -0.39 is 16.4 Å². The normalized spacial score (nSPS) is 10.9. The summed E-state index contributed by atoms with van der Waals surface area (Å²) in [4.78, 5) is 9.75. The lowest BCUT2D eigenvalue weighted by atomic mass is 10.2. The van der Waals surface area contributed by atoms with Crippen LogP contribution in [0.1, 0.15) is 5.82 Å². The average molecular weight is 275 g/mol. The summed E-state index contributed by atoms with van der Waals surface area (Å²) in [5, 5.41) is 34.8. The number of nitro benzene ring substituents is 1. The summed E-state index contributed by atoms with van der Waals surface area (Å²) in [5.41, 5.74) is -0.360. The number of nitrogens with one attached hydrogen (secondary N) is 2. The number of nitrogens with zero attached hydrogens (tertiary/aromatic N) is 5. The van der Waals surface area contributed by atoms with Gasteiger partial charge in [0, 0.05) is 18.0 Å². The van der Waals surface area contributed by atoms with Crippen molar-refractivity contribution in [1.82, 2.24) is 20.6 Å². The number of anilines is 1. The van der Waals surface area contributed by atoms with Crippen LogP contribution in [0.25, 0.3) is 5.57 Å². The fraction of sp³-hybridized carbons (Fsp3) is 0. The fourth-order valence-electron chi connectivity index (χ4n) is 1.32. The summed E-state index contributed by atoms with van der Waals surface area (Å²) < 4.78 is 13.1. The molecule has 1 heterocycles. The van der Waals surface area contributed by atoms with E-state index >= 15 is 0 Å². The molecular weight excluding hydrogens is 269 g/mol. The summed E-state index contributed by atoms with van der Waals surface area (Å²) in [6.07, 6.45) is 1.24. The molecule has 0 unspecified atom stereocenters. The van der Waals surface area contributed by atoms with Crippen LogP contribution in [0.3, 0.4) is 0 Å². The van der Waals surface area contributed by atoms with Gasteiger partial charge in [-0.1, -0.05) is 0 Å². The molecule has 0 amide bonds. The smallest absolute Gasteiger partial charge is 0.306 e. The van der Waals surface area contributed by atoms with Gasteiger partial charge in [0.05, 0.1) is 4.92 Å². The predicted octanol–water partition coefficient (Wildman–Crippen LogP) is 1.22. The van der Waals surface area contributed by atoms with E-state index in [1.807, 2.05) is 6.07 Å². The van der Waals surface area contributed by atoms with Crippen molar-refractivity contribution in [3.8, 4) is 6.07 Å². The van der Waals surface area contributed by atoms with Gasteiger partial charge in [0.25, 0.3) is 0 Å². The highest BCUT2D eigenvalue weighted by Gasteiger charge is 2.14. The molecule has 1 aromatic heterocycles. The van der Waals surface area contributed by atoms with Crippen molar-refractivity contribution in [2.24, 2.45) is 0 Å². The summed E-state index contributed by atoms with van der Waals surface area (Å²) in [7, 11) is 0. The Morgan fingerprint density at radius 2 is 2.40 bits per heavy atom. The molecule has 2 N–H and O–H groups in total. The molecule has 2 rings (SSSR count). The van der Waals surface area contributed by atoms with Gasteiger partial charge >= 0.3 is 5.69 Å². The minimum atomic E-state index is -0.941. The van der Waals surface area contributed by atoms with Gasteiger partial charge in [-0.05, 0) is 17.3 Å². The van der Waals surface area contributed by atoms with E-state index in [0.29, 0.717) is 0 Å². The standard InChI is InChI=1S/C10H6FN7O2/c11-8-2-1-7(3-9(8)18(19)20)13-5-6(4-12)10-14-16-17-15-10/h1-3,5,13H,(H,14,15,16,17). The maximum atomic E-state index is 13.1. The van der Waals surface area contributed by atoms with E-state index in [-0.39, 0.29) is 17.1 Å². The minimum Gasteiger partial charge on any atom is -0.360 e. The zero-order valence-corrected chi connectivity index (χ0v) is 9.74. The molecular formula is C10H6FN7O2. The molecule has 100 valence electrons. The van der Waals surface area contributed by atoms with E-state index in [2.05, 4.69) is 25.9 Å². The van der Waals surface area contributed by atoms with Crippen LogP contribution < -0.4 is 5.32 Å². The third kappa shape index (κ3) is 2.72. The first kappa shape index (κ1) is 13.1. The molecule has 10 heteroatoms. The molecule has 0 fully saturated rings. The van der Waals surface area contributed by atoms with Crippen LogP contribution in [0.4, 0.5) is 15.8 Å². The molecule has 20 heavy (non-hydrogen) atoms. The highest BCUT2D eigenvalue weighted by molar-refractivity contribution is 5.74. The van der Waals surface area contributed by atoms with Gasteiger partial charge in [0.1, 0.15) is 11.6 Å². The molecule has 0 spiro atoms. The number of H-pyrrole nitrogens is 1. The summed E-state index contributed by atoms with van der Waals surface area (Å²) >= 11 is 0. The molecule has 0 atom stereocenters. The van der Waals surface area contributed by atoms with Crippen molar-refractivity contribution < 1.29 is 9.31 Å². The number of allylic oxidation sites excluding steroid dienone is 1. The Bertz CT molecular complexity index is 705. The third-order valence-corrected chi connectivity index (χ3v) is 2.23. The number of aromatic amines is 1. The molecule has 0 bridgehead atoms. The monoisotopic (exact) mass is 275 g/mol. The predicted molar refractivity (Wildman–Crippen MR) is 64.4 cm³/mol. The summed E-state index contributed by atoms with van der Waals surface area (Å²) in [6.45, 7) is 0. The van der Waals surface area contributed by atoms with Crippen LogP contribution in [0.2, 0.25) is 0 Å². The highest BCUT2D eigenvalue weighted by atomic mass is 19.1. The Kier molecular flexibility index (Phi) is 3.62. The van der Waals surface area contributed by atoms with Crippen molar-refractivity contribution in [2.45, 2.75) is 0 Å². The summed E-state index contributed by atoms with van der Waals surface area (Å²) in [5.74, 6) is -0.875. The molecule has 0 aliphatic heterocycles. The van der Waals surface area contributed by atoms with Crippen molar-refractivity contribution in [2.75, 3.05) is 5.32 Å². The lowest BCUT2D eigenvalue weighted by molar-refractivity contribution is -0.387. The van der Waals surface area contributed by atoms with Gasteiger partial charge in [-0.15, -0.1) is 10.2 Å². The third-order valence-electron chi connectivity index (χ3n) is 2.23. The van der Waals surface area contributed by atoms with E-state index in [0.717, 1.165) is 12.1 Å². The number of halogens is 1. The number of benzene rings is 1. The van der Waals surface area contributed by atoms with Crippen molar-refractivity contribution in [1.29, 1.82) is 5.26 Å². The molecule has 0 aliphatic rings. The number of hydrogen-bond acceptors (Lipinski definition) is 7. The fourth-order valence-corrected chi connectivity index (χ4v) is 1.32. The Morgan fingerprint density at radius 1 is 1.60 bits per heavy atom. The van der Waals surface area contributed by atoms with Crippen LogP contribution in [-0.2, 0) is 0 Å². The SMILES string of the molecule is N#CC(=CNc1ccc(F)c([N+](=O)[O-])c1)c1nn[nH]n1. The number of tetrazole rings is 1. The second-order valence-corrected chi connectivity index (χ2v) is 3.47. The molecule has 0 saturated heterocycles. The second-order valence-electron chi connectivity index (χ2n) is 3.47. The van der Waals surface area contributed by atoms with E-state index in [1.165, 1.54) is 12.3 Å². The summed E-state index contributed by atoms with van der Waals surface area (Å²) in [6, 6.07) is 5.09. The van der Waals surface area contributed by atoms with E-state index in [9.17, 15) is 14.5 Å². The Morgan fingerprint density at radius 3 is 3.00 bits per heavy atom. The van der Waals surface area contributed by atoms with Gasteiger partial charge in [-0.2, -0.15) is 14.9 Å². The zero-order chi connectivity index (χ0) is 14.5. The number of nitro groups is 1. The molecule has 2 aromatic rings. The second kappa shape index (κ2) is 5.53. The van der Waals surface area contributed by atoms with Crippen LogP contribution in [0, 0.1) is 27.3 Å². The number of rotatable bonds is 4. The quantitative estimate of drug-likeness (QED) is 0.486. The van der Waals surface area contributed by atoms with Crippen LogP contribution in [-0.4, -0.2) is 25.5 Å². The maximum absolute atomic E-state index is 13.1. The first-order chi connectivity index (χ1) is 9.61. The van der Waals surface area contributed by atoms with Gasteiger partial charge < -0.3 is 5.32 Å². The van der Waals surface area contributed by atoms with Crippen LogP contribution >= 0.6 is 0 Å². The minimum absolute atomic E-state index is 0.0609. The van der Waals surface area contributed by atoms with Gasteiger partial charge in [0.15, 0.2) is 0 Å². The highest BCUT2D eigenvalue weighted by Crippen LogP contribution is 2.22. The first-order valence-electron chi connectivity index (χ1n) is 5.16. The largest absolute Gasteiger partial charge is 0.360 e. The maximum Gasteiger partial charge on any atom is 0.306 e. The van der Waals surface area contributed by atoms with Crippen LogP contribution in [0.15, 0.2) is 24.4 Å². The van der Waals surface area contributed by atoms with Crippen LogP contribution in [0.5, 0.6) is 0 Å². The van der Waals surface area contributed by atoms with E-state index in [4.69, 9.17) is 5.26 Å². The molecule has 1 aromatic carbocycles.